The Labute approximate surface area is 128 Å². The molecule has 0 aliphatic rings. The van der Waals surface area contributed by atoms with Crippen LogP contribution in [-0.4, -0.2) is 31.1 Å². The van der Waals surface area contributed by atoms with Crippen LogP contribution in [0.3, 0.4) is 0 Å². The van der Waals surface area contributed by atoms with Crippen LogP contribution in [0.15, 0.2) is 35.3 Å². The lowest BCUT2D eigenvalue weighted by Crippen LogP contribution is -2.09. The molecule has 0 saturated carbocycles. The highest BCUT2D eigenvalue weighted by atomic mass is 79.9. The first-order valence-corrected chi connectivity index (χ1v) is 7.10. The molecule has 0 amide bonds. The van der Waals surface area contributed by atoms with Crippen molar-refractivity contribution in [3.05, 3.63) is 46.2 Å². The first-order chi connectivity index (χ1) is 9.74. The zero-order chi connectivity index (χ0) is 13.9. The average Bonchev–Trinajstić information content (AvgIpc) is 2.82. The number of nitrogens with zero attached hydrogens (tertiary/aromatic N) is 5. The molecule has 3 aromatic rings. The Bertz CT molecular complexity index is 729. The standard InChI is InChI=1S/C12H10BrClN6/c13-9-7-17-11-10(18-12(14)19-20(9)11)16-6-3-8-1-4-15-5-2-8/h1-2,4-5,7H,3,6H2,(H,16,18,19). The van der Waals surface area contributed by atoms with E-state index in [9.17, 15) is 0 Å². The number of hydrogen-bond donors (Lipinski definition) is 1. The molecule has 0 saturated heterocycles. The fourth-order valence-corrected chi connectivity index (χ4v) is 2.33. The van der Waals surface area contributed by atoms with Gasteiger partial charge in [0.2, 0.25) is 5.28 Å². The van der Waals surface area contributed by atoms with Crippen molar-refractivity contribution in [2.45, 2.75) is 6.42 Å². The first kappa shape index (κ1) is 13.3. The summed E-state index contributed by atoms with van der Waals surface area (Å²) >= 11 is 9.27. The van der Waals surface area contributed by atoms with Gasteiger partial charge in [0.15, 0.2) is 11.5 Å². The van der Waals surface area contributed by atoms with E-state index in [-0.39, 0.29) is 5.28 Å². The second-order valence-electron chi connectivity index (χ2n) is 4.08. The number of aromatic nitrogens is 5. The van der Waals surface area contributed by atoms with Gasteiger partial charge in [0.1, 0.15) is 4.60 Å². The Morgan fingerprint density at radius 3 is 2.90 bits per heavy atom. The molecule has 0 fully saturated rings. The van der Waals surface area contributed by atoms with Crippen LogP contribution in [-0.2, 0) is 6.42 Å². The Kier molecular flexibility index (Phi) is 3.79. The fraction of sp³-hybridized carbons (Fsp3) is 0.167. The number of imidazole rings is 1. The lowest BCUT2D eigenvalue weighted by atomic mass is 10.2. The number of rotatable bonds is 4. The van der Waals surface area contributed by atoms with Gasteiger partial charge in [-0.15, -0.1) is 5.10 Å². The van der Waals surface area contributed by atoms with Gasteiger partial charge in [0.05, 0.1) is 6.20 Å². The number of anilines is 1. The highest BCUT2D eigenvalue weighted by molar-refractivity contribution is 9.10. The van der Waals surface area contributed by atoms with Gasteiger partial charge >= 0.3 is 0 Å². The van der Waals surface area contributed by atoms with Crippen LogP contribution < -0.4 is 5.32 Å². The van der Waals surface area contributed by atoms with Gasteiger partial charge in [-0.25, -0.2) is 9.50 Å². The molecule has 8 heteroatoms. The fourth-order valence-electron chi connectivity index (χ4n) is 1.82. The van der Waals surface area contributed by atoms with Gasteiger partial charge in [0.25, 0.3) is 0 Å². The number of halogens is 2. The third-order valence-electron chi connectivity index (χ3n) is 2.75. The Morgan fingerprint density at radius 1 is 1.30 bits per heavy atom. The Balaban J connectivity index is 1.77. The molecule has 0 atom stereocenters. The van der Waals surface area contributed by atoms with Crippen molar-refractivity contribution in [3.63, 3.8) is 0 Å². The molecule has 0 aliphatic carbocycles. The predicted molar refractivity (Wildman–Crippen MR) is 79.9 cm³/mol. The number of fused-ring (bicyclic) bond motifs is 1. The Hall–Kier alpha value is -1.73. The normalized spacial score (nSPS) is 10.9. The van der Waals surface area contributed by atoms with E-state index in [2.05, 4.69) is 41.3 Å². The molecule has 0 bridgehead atoms. The molecule has 0 radical (unpaired) electrons. The second kappa shape index (κ2) is 5.72. The first-order valence-electron chi connectivity index (χ1n) is 5.93. The molecule has 1 N–H and O–H groups in total. The number of pyridine rings is 1. The van der Waals surface area contributed by atoms with Crippen molar-refractivity contribution in [2.75, 3.05) is 11.9 Å². The molecule has 0 aliphatic heterocycles. The van der Waals surface area contributed by atoms with E-state index in [1.165, 1.54) is 5.56 Å². The van der Waals surface area contributed by atoms with E-state index in [0.29, 0.717) is 11.5 Å². The van der Waals surface area contributed by atoms with Gasteiger partial charge in [-0.2, -0.15) is 4.98 Å². The maximum atomic E-state index is 5.91. The summed E-state index contributed by atoms with van der Waals surface area (Å²) in [5, 5.41) is 7.47. The van der Waals surface area contributed by atoms with Crippen molar-refractivity contribution >= 4 is 39.0 Å². The van der Waals surface area contributed by atoms with Gasteiger partial charge in [0, 0.05) is 18.9 Å². The van der Waals surface area contributed by atoms with Crippen LogP contribution >= 0.6 is 27.5 Å². The lowest BCUT2D eigenvalue weighted by molar-refractivity contribution is 0.876. The van der Waals surface area contributed by atoms with Crippen molar-refractivity contribution in [3.8, 4) is 0 Å². The molecular weight excluding hydrogens is 344 g/mol. The zero-order valence-corrected chi connectivity index (χ0v) is 12.6. The van der Waals surface area contributed by atoms with Gasteiger partial charge in [-0.05, 0) is 51.6 Å². The maximum absolute atomic E-state index is 5.91. The minimum atomic E-state index is 0.169. The van der Waals surface area contributed by atoms with Crippen molar-refractivity contribution in [2.24, 2.45) is 0 Å². The molecule has 3 rings (SSSR count). The van der Waals surface area contributed by atoms with Gasteiger partial charge < -0.3 is 5.32 Å². The van der Waals surface area contributed by atoms with Gasteiger partial charge in [-0.1, -0.05) is 0 Å². The SMILES string of the molecule is Clc1nc(NCCc2ccncc2)c2ncc(Br)n2n1. The molecule has 20 heavy (non-hydrogen) atoms. The summed E-state index contributed by atoms with van der Waals surface area (Å²) in [7, 11) is 0. The largest absolute Gasteiger partial charge is 0.367 e. The van der Waals surface area contributed by atoms with E-state index in [1.54, 1.807) is 23.1 Å². The smallest absolute Gasteiger partial charge is 0.243 e. The van der Waals surface area contributed by atoms with E-state index < -0.39 is 0 Å². The summed E-state index contributed by atoms with van der Waals surface area (Å²) in [6.07, 6.45) is 6.08. The average molecular weight is 354 g/mol. The van der Waals surface area contributed by atoms with Crippen molar-refractivity contribution in [1.82, 2.24) is 24.6 Å². The molecule has 0 unspecified atom stereocenters. The molecule has 3 heterocycles. The third-order valence-corrected chi connectivity index (χ3v) is 3.45. The van der Waals surface area contributed by atoms with E-state index in [0.717, 1.165) is 17.6 Å². The summed E-state index contributed by atoms with van der Waals surface area (Å²) in [6.45, 7) is 0.720. The zero-order valence-electron chi connectivity index (χ0n) is 10.3. The van der Waals surface area contributed by atoms with Crippen LogP contribution in [0, 0.1) is 0 Å². The monoisotopic (exact) mass is 352 g/mol. The maximum Gasteiger partial charge on any atom is 0.243 e. The quantitative estimate of drug-likeness (QED) is 0.781. The number of hydrogen-bond acceptors (Lipinski definition) is 5. The molecule has 6 nitrogen and oxygen atoms in total. The highest BCUT2D eigenvalue weighted by Gasteiger charge is 2.10. The van der Waals surface area contributed by atoms with E-state index >= 15 is 0 Å². The lowest BCUT2D eigenvalue weighted by Gasteiger charge is -2.07. The Morgan fingerprint density at radius 2 is 2.10 bits per heavy atom. The van der Waals surface area contributed by atoms with Crippen molar-refractivity contribution < 1.29 is 0 Å². The van der Waals surface area contributed by atoms with Crippen LogP contribution in [0.2, 0.25) is 5.28 Å². The molecule has 3 aromatic heterocycles. The van der Waals surface area contributed by atoms with Crippen LogP contribution in [0.4, 0.5) is 5.82 Å². The van der Waals surface area contributed by atoms with E-state index in [1.807, 2.05) is 12.1 Å². The minimum absolute atomic E-state index is 0.169. The second-order valence-corrected chi connectivity index (χ2v) is 5.23. The van der Waals surface area contributed by atoms with Crippen LogP contribution in [0.1, 0.15) is 5.56 Å². The third kappa shape index (κ3) is 2.73. The summed E-state index contributed by atoms with van der Waals surface area (Å²) in [6, 6.07) is 3.96. The minimum Gasteiger partial charge on any atom is -0.367 e. The highest BCUT2D eigenvalue weighted by Crippen LogP contribution is 2.19. The topological polar surface area (TPSA) is 68.0 Å². The van der Waals surface area contributed by atoms with E-state index in [4.69, 9.17) is 11.6 Å². The molecule has 102 valence electrons. The van der Waals surface area contributed by atoms with Gasteiger partial charge in [-0.3, -0.25) is 4.98 Å². The number of nitrogens with one attached hydrogen (secondary N) is 1. The van der Waals surface area contributed by atoms with Crippen LogP contribution in [0.25, 0.3) is 5.65 Å². The predicted octanol–water partition coefficient (Wildman–Crippen LogP) is 2.59. The van der Waals surface area contributed by atoms with Crippen LogP contribution in [0.5, 0.6) is 0 Å². The summed E-state index contributed by atoms with van der Waals surface area (Å²) < 4.78 is 2.33. The molecule has 0 aromatic carbocycles. The molecule has 0 spiro atoms. The summed E-state index contributed by atoms with van der Waals surface area (Å²) in [5.74, 6) is 0.616. The summed E-state index contributed by atoms with van der Waals surface area (Å²) in [4.78, 5) is 12.4. The van der Waals surface area contributed by atoms with Crippen molar-refractivity contribution in [1.29, 1.82) is 0 Å². The molecular formula is C12H10BrClN6. The summed E-state index contributed by atoms with van der Waals surface area (Å²) in [5.41, 5.74) is 1.84.